The van der Waals surface area contributed by atoms with Gasteiger partial charge in [0.05, 0.1) is 6.54 Å². The summed E-state index contributed by atoms with van der Waals surface area (Å²) in [6.45, 7) is 0.242. The Morgan fingerprint density at radius 1 is 1.89 bits per heavy atom. The zero-order chi connectivity index (χ0) is 6.69. The second-order valence-electron chi connectivity index (χ2n) is 1.53. The molecule has 1 aromatic heterocycles. The summed E-state index contributed by atoms with van der Waals surface area (Å²) in [5.74, 6) is 2.29. The molecule has 0 N–H and O–H groups in total. The zero-order valence-electron chi connectivity index (χ0n) is 4.71. The van der Waals surface area contributed by atoms with Crippen molar-refractivity contribution in [3.8, 4) is 12.3 Å². The van der Waals surface area contributed by atoms with E-state index >= 15 is 0 Å². The molecule has 0 aliphatic rings. The van der Waals surface area contributed by atoms with E-state index in [9.17, 15) is 4.39 Å². The third-order valence-electron chi connectivity index (χ3n) is 0.926. The molecule has 0 aromatic carbocycles. The first-order valence-electron chi connectivity index (χ1n) is 2.44. The molecule has 0 fully saturated rings. The fraction of sp³-hybridized carbons (Fsp3) is 0.167. The first-order chi connectivity index (χ1) is 4.34. The second kappa shape index (κ2) is 2.31. The Morgan fingerprint density at radius 3 is 3.11 bits per heavy atom. The lowest BCUT2D eigenvalue weighted by atomic mass is 10.6. The molecule has 0 amide bonds. The van der Waals surface area contributed by atoms with Crippen molar-refractivity contribution in [2.75, 3.05) is 0 Å². The zero-order valence-corrected chi connectivity index (χ0v) is 4.71. The van der Waals surface area contributed by atoms with Crippen LogP contribution in [0.25, 0.3) is 0 Å². The number of imidazole rings is 1. The molecule has 0 unspecified atom stereocenters. The molecule has 0 aliphatic carbocycles. The lowest BCUT2D eigenvalue weighted by Gasteiger charge is -1.91. The average molecular weight is 124 g/mol. The van der Waals surface area contributed by atoms with E-state index in [0.717, 1.165) is 0 Å². The Morgan fingerprint density at radius 2 is 2.67 bits per heavy atom. The minimum absolute atomic E-state index is 0.242. The first kappa shape index (κ1) is 5.83. The first-order valence-corrected chi connectivity index (χ1v) is 2.44. The maximum absolute atomic E-state index is 12.3. The van der Waals surface area contributed by atoms with E-state index in [2.05, 4.69) is 10.9 Å². The summed E-state index contributed by atoms with van der Waals surface area (Å²) in [6.07, 6.45) is 7.25. The van der Waals surface area contributed by atoms with Gasteiger partial charge in [-0.05, 0) is 0 Å². The average Bonchev–Trinajstić information content (AvgIpc) is 2.18. The molecule has 1 rings (SSSR count). The second-order valence-corrected chi connectivity index (χ2v) is 1.53. The predicted octanol–water partition coefficient (Wildman–Crippen LogP) is 0.655. The summed E-state index contributed by atoms with van der Waals surface area (Å²) in [6, 6.07) is 0. The highest BCUT2D eigenvalue weighted by Gasteiger charge is 1.95. The Balaban J connectivity index is 2.84. The van der Waals surface area contributed by atoms with Crippen molar-refractivity contribution in [2.24, 2.45) is 0 Å². The Labute approximate surface area is 52.3 Å². The van der Waals surface area contributed by atoms with Gasteiger partial charge in [0.25, 0.3) is 6.08 Å². The fourth-order valence-electron chi connectivity index (χ4n) is 0.527. The van der Waals surface area contributed by atoms with Crippen LogP contribution in [0.2, 0.25) is 0 Å². The van der Waals surface area contributed by atoms with Crippen molar-refractivity contribution in [3.05, 3.63) is 18.5 Å². The summed E-state index contributed by atoms with van der Waals surface area (Å²) in [7, 11) is 0. The van der Waals surface area contributed by atoms with E-state index in [-0.39, 0.29) is 6.54 Å². The molecule has 0 atom stereocenters. The number of hydrogen-bond acceptors (Lipinski definition) is 1. The van der Waals surface area contributed by atoms with Gasteiger partial charge < -0.3 is 0 Å². The number of halogens is 1. The molecule has 0 spiro atoms. The van der Waals surface area contributed by atoms with Crippen LogP contribution in [-0.2, 0) is 6.54 Å². The SMILES string of the molecule is C#CCn1ccnc1F. The van der Waals surface area contributed by atoms with Gasteiger partial charge in [-0.2, -0.15) is 4.39 Å². The molecule has 3 heteroatoms. The molecule has 0 saturated carbocycles. The quantitative estimate of drug-likeness (QED) is 0.503. The summed E-state index contributed by atoms with van der Waals surface area (Å²) in [4.78, 5) is 3.34. The lowest BCUT2D eigenvalue weighted by Crippen LogP contribution is -1.96. The minimum atomic E-state index is -0.534. The van der Waals surface area contributed by atoms with E-state index in [0.29, 0.717) is 0 Å². The van der Waals surface area contributed by atoms with Crippen molar-refractivity contribution in [1.82, 2.24) is 9.55 Å². The summed E-state index contributed by atoms with van der Waals surface area (Å²) < 4.78 is 13.5. The highest BCUT2D eigenvalue weighted by Crippen LogP contribution is 1.91. The van der Waals surface area contributed by atoms with Crippen LogP contribution in [0.3, 0.4) is 0 Å². The van der Waals surface area contributed by atoms with Gasteiger partial charge in [-0.15, -0.1) is 6.42 Å². The van der Waals surface area contributed by atoms with E-state index in [4.69, 9.17) is 6.42 Å². The number of aromatic nitrogens is 2. The van der Waals surface area contributed by atoms with Crippen molar-refractivity contribution in [3.63, 3.8) is 0 Å². The highest BCUT2D eigenvalue weighted by molar-refractivity contribution is 4.88. The molecule has 0 bridgehead atoms. The van der Waals surface area contributed by atoms with Crippen molar-refractivity contribution < 1.29 is 4.39 Å². The monoisotopic (exact) mass is 124 g/mol. The molecule has 2 nitrogen and oxygen atoms in total. The number of terminal acetylenes is 1. The van der Waals surface area contributed by atoms with Crippen LogP contribution in [0.5, 0.6) is 0 Å². The number of hydrogen-bond donors (Lipinski definition) is 0. The van der Waals surface area contributed by atoms with Gasteiger partial charge in [-0.25, -0.2) is 4.98 Å². The van der Waals surface area contributed by atoms with Crippen LogP contribution in [0.1, 0.15) is 0 Å². The van der Waals surface area contributed by atoms with Gasteiger partial charge in [0.1, 0.15) is 0 Å². The van der Waals surface area contributed by atoms with Gasteiger partial charge in [0.2, 0.25) is 0 Å². The van der Waals surface area contributed by atoms with Gasteiger partial charge >= 0.3 is 0 Å². The molecule has 0 saturated heterocycles. The van der Waals surface area contributed by atoms with Crippen molar-refractivity contribution >= 4 is 0 Å². The van der Waals surface area contributed by atoms with Gasteiger partial charge in [0, 0.05) is 12.4 Å². The number of rotatable bonds is 1. The van der Waals surface area contributed by atoms with Crippen LogP contribution in [-0.4, -0.2) is 9.55 Å². The molecule has 1 aromatic rings. The maximum atomic E-state index is 12.3. The maximum Gasteiger partial charge on any atom is 0.289 e. The molecule has 9 heavy (non-hydrogen) atoms. The Kier molecular flexibility index (Phi) is 1.50. The summed E-state index contributed by atoms with van der Waals surface area (Å²) in [5.41, 5.74) is 0. The van der Waals surface area contributed by atoms with Crippen LogP contribution >= 0.6 is 0 Å². The fourth-order valence-corrected chi connectivity index (χ4v) is 0.527. The molecule has 46 valence electrons. The third-order valence-corrected chi connectivity index (χ3v) is 0.926. The molecule has 0 radical (unpaired) electrons. The normalized spacial score (nSPS) is 8.89. The van der Waals surface area contributed by atoms with Crippen LogP contribution in [0, 0.1) is 18.4 Å². The Bertz CT molecular complexity index is 233. The van der Waals surface area contributed by atoms with E-state index < -0.39 is 6.08 Å². The standard InChI is InChI=1S/C6H5FN2/c1-2-4-9-5-3-8-6(9)7/h1,3,5H,4H2. The molecule has 0 aliphatic heterocycles. The molecular weight excluding hydrogens is 119 g/mol. The molecule has 1 heterocycles. The van der Waals surface area contributed by atoms with Crippen LogP contribution in [0.15, 0.2) is 12.4 Å². The molecular formula is C6H5FN2. The van der Waals surface area contributed by atoms with Gasteiger partial charge in [-0.1, -0.05) is 5.92 Å². The van der Waals surface area contributed by atoms with E-state index in [1.807, 2.05) is 0 Å². The lowest BCUT2D eigenvalue weighted by molar-refractivity contribution is 0.490. The third kappa shape index (κ3) is 1.08. The predicted molar refractivity (Wildman–Crippen MR) is 31.0 cm³/mol. The Hall–Kier alpha value is -1.30. The smallest absolute Gasteiger partial charge is 0.289 e. The summed E-state index contributed by atoms with van der Waals surface area (Å²) >= 11 is 0. The van der Waals surface area contributed by atoms with Crippen LogP contribution < -0.4 is 0 Å². The highest BCUT2D eigenvalue weighted by atomic mass is 19.1. The van der Waals surface area contributed by atoms with Gasteiger partial charge in [0.15, 0.2) is 0 Å². The topological polar surface area (TPSA) is 17.8 Å². The summed E-state index contributed by atoms with van der Waals surface area (Å²) in [5, 5.41) is 0. The van der Waals surface area contributed by atoms with Crippen molar-refractivity contribution in [2.45, 2.75) is 6.54 Å². The van der Waals surface area contributed by atoms with Gasteiger partial charge in [-0.3, -0.25) is 4.57 Å². The van der Waals surface area contributed by atoms with E-state index in [1.54, 1.807) is 0 Å². The van der Waals surface area contributed by atoms with E-state index in [1.165, 1.54) is 17.0 Å². The van der Waals surface area contributed by atoms with Crippen LogP contribution in [0.4, 0.5) is 4.39 Å². The number of nitrogens with zero attached hydrogens (tertiary/aromatic N) is 2. The largest absolute Gasteiger partial charge is 0.296 e. The minimum Gasteiger partial charge on any atom is -0.296 e. The van der Waals surface area contributed by atoms with Crippen molar-refractivity contribution in [1.29, 1.82) is 0 Å².